The van der Waals surface area contributed by atoms with Crippen molar-refractivity contribution in [2.75, 3.05) is 59.5 Å². The zero-order chi connectivity index (χ0) is 56.4. The molecule has 0 amide bonds. The van der Waals surface area contributed by atoms with Gasteiger partial charge in [0.1, 0.15) is 56.4 Å². The quantitative estimate of drug-likeness (QED) is 0.0452. The number of carbonyl (C=O) groups excluding carboxylic acids is 6. The third-order valence-corrected chi connectivity index (χ3v) is 21.4. The van der Waals surface area contributed by atoms with Gasteiger partial charge in [-0.3, -0.25) is 14.4 Å². The Morgan fingerprint density at radius 2 is 0.679 bits per heavy atom. The van der Waals surface area contributed by atoms with E-state index >= 15 is 0 Å². The minimum Gasteiger partial charge on any atom is -0.463 e. The van der Waals surface area contributed by atoms with Gasteiger partial charge in [0.05, 0.1) is 37.1 Å². The van der Waals surface area contributed by atoms with Crippen molar-refractivity contribution < 1.29 is 71.4 Å². The third kappa shape index (κ3) is 18.9. The largest absolute Gasteiger partial charge is 0.463 e. The minimum atomic E-state index is -0.480. The third-order valence-electron chi connectivity index (χ3n) is 21.4. The van der Waals surface area contributed by atoms with Gasteiger partial charge < -0.3 is 42.6 Å². The van der Waals surface area contributed by atoms with E-state index in [0.29, 0.717) is 35.5 Å². The lowest BCUT2D eigenvalue weighted by Crippen LogP contribution is -2.59. The fourth-order valence-electron chi connectivity index (χ4n) is 16.7. The van der Waals surface area contributed by atoms with Crippen molar-refractivity contribution in [3.05, 3.63) is 0 Å². The zero-order valence-electron chi connectivity index (χ0n) is 49.7. The summed E-state index contributed by atoms with van der Waals surface area (Å²) in [5, 5.41) is 0. The summed E-state index contributed by atoms with van der Waals surface area (Å²) < 4.78 is 49.7. The molecule has 84 heavy (non-hydrogen) atoms. The first-order chi connectivity index (χ1) is 37.2. The Morgan fingerprint density at radius 1 is 0.405 bits per heavy atom. The van der Waals surface area contributed by atoms with Crippen molar-refractivity contribution >= 4 is 35.8 Å². The van der Waals surface area contributed by atoms with Crippen LogP contribution in [0, 0.1) is 88.3 Å². The molecule has 12 aliphatic rings. The molecule has 0 aromatic rings. The van der Waals surface area contributed by atoms with Gasteiger partial charge in [0, 0.05) is 0 Å². The lowest BCUT2D eigenvalue weighted by Gasteiger charge is -2.60. The van der Waals surface area contributed by atoms with Crippen molar-refractivity contribution in [1.82, 2.24) is 0 Å². The average Bonchev–Trinajstić information content (AvgIpc) is 1.37. The van der Waals surface area contributed by atoms with E-state index in [-0.39, 0.29) is 168 Å². The summed E-state index contributed by atoms with van der Waals surface area (Å²) in [6.45, 7) is 20.7. The molecule has 12 bridgehead atoms. The molecule has 0 saturated heterocycles. The highest BCUT2D eigenvalue weighted by atomic mass is 16.6. The van der Waals surface area contributed by atoms with Crippen molar-refractivity contribution in [2.24, 2.45) is 88.3 Å². The predicted octanol–water partition coefficient (Wildman–Crippen LogP) is 15.0. The molecule has 12 saturated carbocycles. The van der Waals surface area contributed by atoms with Gasteiger partial charge in [0.15, 0.2) is 0 Å². The molecule has 0 N–H and O–H groups in total. The smallest absolute Gasteiger partial charge is 0.332 e. The summed E-state index contributed by atoms with van der Waals surface area (Å²) in [5.41, 5.74) is -1.33. The number of esters is 6. The van der Waals surface area contributed by atoms with Gasteiger partial charge in [-0.1, -0.05) is 93.0 Å². The van der Waals surface area contributed by atoms with Gasteiger partial charge in [-0.25, -0.2) is 14.4 Å². The molecule has 12 fully saturated rings. The van der Waals surface area contributed by atoms with E-state index in [1.54, 1.807) is 0 Å². The number of hydrogen-bond donors (Lipinski definition) is 0. The minimum absolute atomic E-state index is 0. The highest BCUT2D eigenvalue weighted by Gasteiger charge is 2.61. The Balaban J connectivity index is 0.000000609. The summed E-state index contributed by atoms with van der Waals surface area (Å²) in [5.74, 6) is 6.59. The van der Waals surface area contributed by atoms with Crippen LogP contribution in [0.1, 0.15) is 242 Å². The summed E-state index contributed by atoms with van der Waals surface area (Å²) in [4.78, 5) is 72.1. The predicted molar refractivity (Wildman–Crippen MR) is 333 cm³/mol. The van der Waals surface area contributed by atoms with Crippen LogP contribution in [0.2, 0.25) is 0 Å². The van der Waals surface area contributed by atoms with Crippen LogP contribution >= 0.6 is 0 Å². The number of ether oxygens (including phenoxy) is 9. The molecular formula is C69H126O15. The van der Waals surface area contributed by atoms with Crippen molar-refractivity contribution in [3.8, 4) is 0 Å². The molecule has 0 aromatic carbocycles. The second-order valence-electron chi connectivity index (χ2n) is 26.6. The van der Waals surface area contributed by atoms with Crippen LogP contribution in [-0.2, 0) is 71.4 Å². The van der Waals surface area contributed by atoms with Crippen LogP contribution in [0.25, 0.3) is 0 Å². The van der Waals surface area contributed by atoms with E-state index in [2.05, 4.69) is 20.8 Å². The van der Waals surface area contributed by atoms with Gasteiger partial charge >= 0.3 is 35.8 Å². The fourth-order valence-corrected chi connectivity index (χ4v) is 16.7. The number of hydrogen-bond acceptors (Lipinski definition) is 15. The van der Waals surface area contributed by atoms with Crippen molar-refractivity contribution in [1.29, 1.82) is 0 Å². The Morgan fingerprint density at radius 3 is 0.952 bits per heavy atom. The van der Waals surface area contributed by atoms with E-state index in [1.807, 2.05) is 48.5 Å². The summed E-state index contributed by atoms with van der Waals surface area (Å²) >= 11 is 0. The standard InChI is InChI=1S/C22H36O5.C21H34O5.C20H32O5.6CH4/c1-5-21(3,4)20(24)26-8-7-25-14-19(23)27-22(6-2)17-10-15-9-16(12-17)13-18(22)11-15;1-4-14(3)20(23)25-7-6-24-13-19(22)26-21(5-2)17-9-15-8-16(11-17)12-18(21)10-15;1-4-13(2)19(22)24-6-5-23-12-18(21)25-20(3)16-8-14-7-15(10-16)11-17(20)9-14;;;;;;/h15-18H,5-14H2,1-4H3;14-18H,4-13H2,1-3H3;13-17H,4-12H2,1-3H3;6*1H4. The summed E-state index contributed by atoms with van der Waals surface area (Å²) in [7, 11) is 0. The molecule has 12 rings (SSSR count). The second kappa shape index (κ2) is 35.0. The zero-order valence-corrected chi connectivity index (χ0v) is 49.7. The van der Waals surface area contributed by atoms with E-state index in [1.165, 1.54) is 96.3 Å². The first-order valence-corrected chi connectivity index (χ1v) is 31.1. The normalized spacial score (nSPS) is 33.2. The van der Waals surface area contributed by atoms with Gasteiger partial charge in [-0.15, -0.1) is 0 Å². The Bertz CT molecular complexity index is 1930. The highest BCUT2D eigenvalue weighted by molar-refractivity contribution is 5.76. The van der Waals surface area contributed by atoms with Crippen molar-refractivity contribution in [2.45, 2.75) is 259 Å². The maximum Gasteiger partial charge on any atom is 0.332 e. The monoisotopic (exact) mass is 1190 g/mol. The molecule has 2 atom stereocenters. The molecule has 15 nitrogen and oxygen atoms in total. The SMILES string of the molecule is C.C.C.C.C.C.CCC(C)(C)C(=O)OCCOCC(=O)OC1(CC)C2CC3CC(C2)CC1C3.CCC(C)C(=O)OCCOCC(=O)OC1(C)C2CC3CC(C2)CC1C3.CCC(C)C(=O)OCCOCC(=O)OC1(CC)C2CC3CC(C2)CC1C3. The number of rotatable bonds is 26. The van der Waals surface area contributed by atoms with Crippen LogP contribution in [0.3, 0.4) is 0 Å². The molecule has 0 spiro atoms. The summed E-state index contributed by atoms with van der Waals surface area (Å²) in [6, 6.07) is 0. The molecule has 0 aromatic heterocycles. The number of carbonyl (C=O) groups is 6. The van der Waals surface area contributed by atoms with Gasteiger partial charge in [0.25, 0.3) is 0 Å². The summed E-state index contributed by atoms with van der Waals surface area (Å²) in [6.07, 6.45) is 22.8. The first-order valence-electron chi connectivity index (χ1n) is 31.1. The molecule has 0 aliphatic heterocycles. The first kappa shape index (κ1) is 78.7. The van der Waals surface area contributed by atoms with Gasteiger partial charge in [-0.05, 0) is 220 Å². The van der Waals surface area contributed by atoms with Crippen LogP contribution in [0.4, 0.5) is 0 Å². The highest BCUT2D eigenvalue weighted by Crippen LogP contribution is 2.63. The molecule has 0 heterocycles. The molecule has 15 heteroatoms. The molecule has 12 aliphatic carbocycles. The average molecular weight is 1200 g/mol. The van der Waals surface area contributed by atoms with E-state index in [9.17, 15) is 28.8 Å². The van der Waals surface area contributed by atoms with Crippen molar-refractivity contribution in [3.63, 3.8) is 0 Å². The van der Waals surface area contributed by atoms with Crippen LogP contribution in [0.15, 0.2) is 0 Å². The van der Waals surface area contributed by atoms with E-state index in [4.69, 9.17) is 42.6 Å². The van der Waals surface area contributed by atoms with Crippen LogP contribution < -0.4 is 0 Å². The Kier molecular flexibility index (Phi) is 32.8. The molecule has 2 unspecified atom stereocenters. The molecule has 0 radical (unpaired) electrons. The lowest BCUT2D eigenvalue weighted by molar-refractivity contribution is -0.214. The molecular weight excluding hydrogens is 1070 g/mol. The second-order valence-corrected chi connectivity index (χ2v) is 26.6. The Labute approximate surface area is 512 Å². The maximum atomic E-state index is 12.4. The van der Waals surface area contributed by atoms with Gasteiger partial charge in [-0.2, -0.15) is 0 Å². The van der Waals surface area contributed by atoms with Crippen LogP contribution in [0.5, 0.6) is 0 Å². The molecule has 492 valence electrons. The fraction of sp³-hybridized carbons (Fsp3) is 0.913. The van der Waals surface area contributed by atoms with Gasteiger partial charge in [0.2, 0.25) is 0 Å². The van der Waals surface area contributed by atoms with Crippen LogP contribution in [-0.4, -0.2) is 112 Å². The topological polar surface area (TPSA) is 185 Å². The van der Waals surface area contributed by atoms with E-state index < -0.39 is 5.41 Å². The van der Waals surface area contributed by atoms with E-state index in [0.717, 1.165) is 67.6 Å². The lowest BCUT2D eigenvalue weighted by atomic mass is 9.49. The Hall–Kier alpha value is -3.30. The maximum absolute atomic E-state index is 12.4.